The third-order valence-electron chi connectivity index (χ3n) is 5.25. The van der Waals surface area contributed by atoms with E-state index in [1.54, 1.807) is 6.07 Å². The quantitative estimate of drug-likeness (QED) is 0.648. The average molecular weight is 372 g/mol. The topological polar surface area (TPSA) is 45.5 Å². The number of aryl methyl sites for hydroxylation is 1. The van der Waals surface area contributed by atoms with Crippen molar-refractivity contribution in [2.24, 2.45) is 12.0 Å². The average Bonchev–Trinajstić information content (AvgIpc) is 3.28. The van der Waals surface area contributed by atoms with Crippen LogP contribution in [0.5, 0.6) is 0 Å². The van der Waals surface area contributed by atoms with Gasteiger partial charge in [0.25, 0.3) is 0 Å². The van der Waals surface area contributed by atoms with Gasteiger partial charge in [0, 0.05) is 44.2 Å². The van der Waals surface area contributed by atoms with Crippen LogP contribution in [-0.4, -0.2) is 46.8 Å². The molecular formula is C21H30FN5. The maximum Gasteiger partial charge on any atom is 0.193 e. The fourth-order valence-electron chi connectivity index (χ4n) is 3.67. The third-order valence-corrected chi connectivity index (χ3v) is 5.25. The predicted octanol–water partition coefficient (Wildman–Crippen LogP) is 3.29. The van der Waals surface area contributed by atoms with Gasteiger partial charge in [0.15, 0.2) is 5.96 Å². The molecule has 2 aromatic rings. The van der Waals surface area contributed by atoms with E-state index >= 15 is 0 Å². The highest BCUT2D eigenvalue weighted by Gasteiger charge is 2.28. The van der Waals surface area contributed by atoms with Crippen molar-refractivity contribution >= 4 is 5.96 Å². The van der Waals surface area contributed by atoms with Crippen molar-refractivity contribution in [1.82, 2.24) is 20.0 Å². The number of likely N-dealkylation sites (tertiary alicyclic amines) is 1. The first-order valence-corrected chi connectivity index (χ1v) is 9.67. The zero-order valence-corrected chi connectivity index (χ0v) is 16.7. The number of rotatable bonds is 5. The third kappa shape index (κ3) is 4.49. The zero-order valence-electron chi connectivity index (χ0n) is 16.7. The molecule has 27 heavy (non-hydrogen) atoms. The first kappa shape index (κ1) is 19.4. The van der Waals surface area contributed by atoms with Crippen LogP contribution in [0.15, 0.2) is 41.7 Å². The molecule has 1 saturated heterocycles. The molecule has 0 amide bonds. The minimum atomic E-state index is -0.367. The van der Waals surface area contributed by atoms with Gasteiger partial charge < -0.3 is 10.2 Å². The second-order valence-corrected chi connectivity index (χ2v) is 7.91. The van der Waals surface area contributed by atoms with Gasteiger partial charge in [-0.2, -0.15) is 5.10 Å². The lowest BCUT2D eigenvalue weighted by Gasteiger charge is -2.26. The van der Waals surface area contributed by atoms with Crippen LogP contribution in [0.1, 0.15) is 44.2 Å². The number of nitrogens with zero attached hydrogens (tertiary/aromatic N) is 4. The molecule has 0 spiro atoms. The molecule has 1 aromatic carbocycles. The molecule has 2 heterocycles. The van der Waals surface area contributed by atoms with Gasteiger partial charge in [0.2, 0.25) is 0 Å². The van der Waals surface area contributed by atoms with Crippen molar-refractivity contribution in [3.05, 3.63) is 53.6 Å². The summed E-state index contributed by atoms with van der Waals surface area (Å²) in [7, 11) is 1.95. The maximum atomic E-state index is 14.2. The van der Waals surface area contributed by atoms with Crippen molar-refractivity contribution in [2.75, 3.05) is 26.2 Å². The highest BCUT2D eigenvalue weighted by molar-refractivity contribution is 5.80. The number of hydrogen-bond donors (Lipinski definition) is 1. The Balaban J connectivity index is 1.72. The Bertz CT molecular complexity index is 795. The van der Waals surface area contributed by atoms with Gasteiger partial charge in [-0.3, -0.25) is 9.67 Å². The normalized spacial score (nSPS) is 18.2. The highest BCUT2D eigenvalue weighted by atomic mass is 19.1. The largest absolute Gasteiger partial charge is 0.357 e. The molecule has 3 rings (SSSR count). The first-order valence-electron chi connectivity index (χ1n) is 9.67. The van der Waals surface area contributed by atoms with E-state index in [0.29, 0.717) is 18.0 Å². The molecule has 146 valence electrons. The lowest BCUT2D eigenvalue weighted by molar-refractivity contribution is 0.465. The zero-order chi connectivity index (χ0) is 19.4. The lowest BCUT2D eigenvalue weighted by Crippen LogP contribution is -2.41. The lowest BCUT2D eigenvalue weighted by atomic mass is 9.84. The minimum Gasteiger partial charge on any atom is -0.357 e. The Labute approximate surface area is 161 Å². The minimum absolute atomic E-state index is 0.166. The summed E-state index contributed by atoms with van der Waals surface area (Å²) in [6.45, 7) is 9.40. The second-order valence-electron chi connectivity index (χ2n) is 7.91. The first-order chi connectivity index (χ1) is 12.9. The number of aromatic nitrogens is 2. The summed E-state index contributed by atoms with van der Waals surface area (Å²) in [6, 6.07) is 6.98. The van der Waals surface area contributed by atoms with Crippen LogP contribution in [0.4, 0.5) is 4.39 Å². The summed E-state index contributed by atoms with van der Waals surface area (Å²) in [5, 5.41) is 7.70. The van der Waals surface area contributed by atoms with Crippen LogP contribution in [0.2, 0.25) is 0 Å². The highest BCUT2D eigenvalue weighted by Crippen LogP contribution is 2.28. The van der Waals surface area contributed by atoms with Crippen LogP contribution in [0.25, 0.3) is 0 Å². The van der Waals surface area contributed by atoms with Crippen molar-refractivity contribution in [2.45, 2.75) is 38.5 Å². The van der Waals surface area contributed by atoms with Crippen LogP contribution in [-0.2, 0) is 12.5 Å². The van der Waals surface area contributed by atoms with E-state index in [9.17, 15) is 4.39 Å². The molecule has 1 aliphatic heterocycles. The Morgan fingerprint density at radius 3 is 2.81 bits per heavy atom. The van der Waals surface area contributed by atoms with E-state index in [0.717, 1.165) is 32.0 Å². The molecule has 1 N–H and O–H groups in total. The number of benzene rings is 1. The standard InChI is InChI=1S/C21H30FN5/c1-5-23-20(24-15-21(2,3)18-8-6-7-9-19(18)22)27-11-10-16(14-27)17-12-25-26(4)13-17/h6-9,12-13,16H,5,10-11,14-15H2,1-4H3,(H,23,24). The van der Waals surface area contributed by atoms with Crippen LogP contribution in [0.3, 0.4) is 0 Å². The van der Waals surface area contributed by atoms with E-state index < -0.39 is 0 Å². The summed E-state index contributed by atoms with van der Waals surface area (Å²) in [5.74, 6) is 1.22. The summed E-state index contributed by atoms with van der Waals surface area (Å²) in [6.07, 6.45) is 5.14. The van der Waals surface area contributed by atoms with Gasteiger partial charge in [-0.25, -0.2) is 4.39 Å². The maximum absolute atomic E-state index is 14.2. The van der Waals surface area contributed by atoms with Crippen LogP contribution in [0, 0.1) is 5.82 Å². The van der Waals surface area contributed by atoms with Gasteiger partial charge >= 0.3 is 0 Å². The van der Waals surface area contributed by atoms with Crippen molar-refractivity contribution in [3.63, 3.8) is 0 Å². The number of hydrogen-bond acceptors (Lipinski definition) is 2. The van der Waals surface area contributed by atoms with Gasteiger partial charge in [0.1, 0.15) is 5.82 Å². The molecule has 5 nitrogen and oxygen atoms in total. The molecule has 0 radical (unpaired) electrons. The van der Waals surface area contributed by atoms with Crippen molar-refractivity contribution < 1.29 is 4.39 Å². The van der Waals surface area contributed by atoms with E-state index in [2.05, 4.69) is 28.4 Å². The molecule has 0 bridgehead atoms. The number of aliphatic imine (C=N–C) groups is 1. The number of guanidine groups is 1. The molecule has 0 aliphatic carbocycles. The summed E-state index contributed by atoms with van der Waals surface area (Å²) >= 11 is 0. The molecule has 1 atom stereocenters. The SMILES string of the molecule is CCNC(=NCC(C)(C)c1ccccc1F)N1CCC(c2cnn(C)c2)C1. The number of nitrogens with one attached hydrogen (secondary N) is 1. The smallest absolute Gasteiger partial charge is 0.193 e. The summed E-state index contributed by atoms with van der Waals surface area (Å²) < 4.78 is 16.1. The number of halogens is 1. The monoisotopic (exact) mass is 371 g/mol. The Morgan fingerprint density at radius 2 is 2.15 bits per heavy atom. The second kappa shape index (κ2) is 8.11. The Hall–Kier alpha value is -2.37. The summed E-state index contributed by atoms with van der Waals surface area (Å²) in [5.41, 5.74) is 1.62. The molecule has 1 aromatic heterocycles. The molecule has 6 heteroatoms. The molecule has 1 aliphatic rings. The van der Waals surface area contributed by atoms with Gasteiger partial charge in [-0.1, -0.05) is 32.0 Å². The van der Waals surface area contributed by atoms with Crippen molar-refractivity contribution in [3.8, 4) is 0 Å². The van der Waals surface area contributed by atoms with E-state index in [4.69, 9.17) is 4.99 Å². The molecular weight excluding hydrogens is 341 g/mol. The summed E-state index contributed by atoms with van der Waals surface area (Å²) in [4.78, 5) is 7.17. The van der Waals surface area contributed by atoms with E-state index in [-0.39, 0.29) is 11.2 Å². The predicted molar refractivity (Wildman–Crippen MR) is 108 cm³/mol. The fraction of sp³-hybridized carbons (Fsp3) is 0.524. The Morgan fingerprint density at radius 1 is 1.37 bits per heavy atom. The van der Waals surface area contributed by atoms with Crippen molar-refractivity contribution in [1.29, 1.82) is 0 Å². The van der Waals surface area contributed by atoms with Gasteiger partial charge in [-0.05, 0) is 30.5 Å². The fourth-order valence-corrected chi connectivity index (χ4v) is 3.67. The van der Waals surface area contributed by atoms with E-state index in [1.165, 1.54) is 11.6 Å². The Kier molecular flexibility index (Phi) is 5.82. The van der Waals surface area contributed by atoms with Crippen LogP contribution < -0.4 is 5.32 Å². The molecule has 0 saturated carbocycles. The van der Waals surface area contributed by atoms with E-state index in [1.807, 2.05) is 43.9 Å². The van der Waals surface area contributed by atoms with Crippen LogP contribution >= 0.6 is 0 Å². The van der Waals surface area contributed by atoms with Gasteiger partial charge in [0.05, 0.1) is 12.7 Å². The van der Waals surface area contributed by atoms with Gasteiger partial charge in [-0.15, -0.1) is 0 Å². The molecule has 1 unspecified atom stereocenters. The molecule has 1 fully saturated rings.